The summed E-state index contributed by atoms with van der Waals surface area (Å²) < 4.78 is 4.87. The minimum Gasteiger partial charge on any atom is -0.383 e. The van der Waals surface area contributed by atoms with Gasteiger partial charge in [-0.1, -0.05) is 0 Å². The Morgan fingerprint density at radius 2 is 2.31 bits per heavy atom. The molecule has 0 atom stereocenters. The normalized spacial score (nSPS) is 9.56. The molecule has 6 nitrogen and oxygen atoms in total. The summed E-state index contributed by atoms with van der Waals surface area (Å²) in [6, 6.07) is 1.63. The van der Waals surface area contributed by atoms with Crippen molar-refractivity contribution in [1.82, 2.24) is 20.8 Å². The number of methoxy groups -OCH3 is 1. The standard InChI is InChI=1S/C9H16N4O2.ClH/c1-15-7-6-10-4-5-11-9(14)8-2-3-12-13-8;/h2-3,10H,4-7H2,1H3,(H,11,14)(H,12,13);1H. The van der Waals surface area contributed by atoms with E-state index in [1.54, 1.807) is 19.4 Å². The number of rotatable bonds is 7. The minimum absolute atomic E-state index is 0. The van der Waals surface area contributed by atoms with Crippen molar-refractivity contribution in [1.29, 1.82) is 0 Å². The maximum absolute atomic E-state index is 11.4. The van der Waals surface area contributed by atoms with Crippen LogP contribution in [0.1, 0.15) is 10.5 Å². The van der Waals surface area contributed by atoms with Crippen LogP contribution >= 0.6 is 12.4 Å². The number of carbonyl (C=O) groups is 1. The molecule has 92 valence electrons. The number of H-pyrrole nitrogens is 1. The molecule has 0 aliphatic carbocycles. The van der Waals surface area contributed by atoms with E-state index in [-0.39, 0.29) is 18.3 Å². The third kappa shape index (κ3) is 5.69. The van der Waals surface area contributed by atoms with Gasteiger partial charge >= 0.3 is 0 Å². The van der Waals surface area contributed by atoms with Gasteiger partial charge in [0.15, 0.2) is 0 Å². The van der Waals surface area contributed by atoms with E-state index in [1.165, 1.54) is 0 Å². The van der Waals surface area contributed by atoms with E-state index in [2.05, 4.69) is 20.8 Å². The van der Waals surface area contributed by atoms with Gasteiger partial charge in [0.05, 0.1) is 6.61 Å². The van der Waals surface area contributed by atoms with Gasteiger partial charge in [0.1, 0.15) is 5.69 Å². The minimum atomic E-state index is -0.138. The summed E-state index contributed by atoms with van der Waals surface area (Å²) in [5.41, 5.74) is 0.479. The fourth-order valence-corrected chi connectivity index (χ4v) is 1.04. The molecule has 7 heteroatoms. The van der Waals surface area contributed by atoms with Gasteiger partial charge in [0.2, 0.25) is 0 Å². The van der Waals surface area contributed by atoms with Crippen molar-refractivity contribution in [2.24, 2.45) is 0 Å². The zero-order valence-corrected chi connectivity index (χ0v) is 9.97. The third-order valence-electron chi connectivity index (χ3n) is 1.82. The Labute approximate surface area is 101 Å². The van der Waals surface area contributed by atoms with Crippen LogP contribution in [-0.2, 0) is 4.74 Å². The SMILES string of the molecule is COCCNCCNC(=O)c1ccn[nH]1.Cl. The monoisotopic (exact) mass is 248 g/mol. The first-order chi connectivity index (χ1) is 7.34. The molecule has 0 saturated carbocycles. The van der Waals surface area contributed by atoms with Crippen molar-refractivity contribution < 1.29 is 9.53 Å². The van der Waals surface area contributed by atoms with Crippen molar-refractivity contribution in [3.63, 3.8) is 0 Å². The van der Waals surface area contributed by atoms with E-state index in [4.69, 9.17) is 4.74 Å². The highest BCUT2D eigenvalue weighted by molar-refractivity contribution is 5.92. The molecule has 0 spiro atoms. The fourth-order valence-electron chi connectivity index (χ4n) is 1.04. The Balaban J connectivity index is 0.00000225. The summed E-state index contributed by atoms with van der Waals surface area (Å²) in [5, 5.41) is 12.2. The Bertz CT molecular complexity index is 279. The molecule has 0 saturated heterocycles. The molecule has 16 heavy (non-hydrogen) atoms. The van der Waals surface area contributed by atoms with Gasteiger partial charge in [0.25, 0.3) is 5.91 Å². The zero-order valence-electron chi connectivity index (χ0n) is 9.16. The second-order valence-corrected chi connectivity index (χ2v) is 2.97. The van der Waals surface area contributed by atoms with Crippen LogP contribution in [0.25, 0.3) is 0 Å². The average molecular weight is 249 g/mol. The summed E-state index contributed by atoms with van der Waals surface area (Å²) in [4.78, 5) is 11.4. The molecule has 0 fully saturated rings. The van der Waals surface area contributed by atoms with E-state index in [0.29, 0.717) is 18.8 Å². The highest BCUT2D eigenvalue weighted by atomic mass is 35.5. The van der Waals surface area contributed by atoms with E-state index >= 15 is 0 Å². The Kier molecular flexibility index (Phi) is 8.51. The molecular weight excluding hydrogens is 232 g/mol. The summed E-state index contributed by atoms with van der Waals surface area (Å²) in [6.07, 6.45) is 1.55. The quantitative estimate of drug-likeness (QED) is 0.584. The van der Waals surface area contributed by atoms with Crippen LogP contribution in [0.5, 0.6) is 0 Å². The number of hydrogen-bond donors (Lipinski definition) is 3. The van der Waals surface area contributed by atoms with Crippen LogP contribution < -0.4 is 10.6 Å². The van der Waals surface area contributed by atoms with Gasteiger partial charge in [-0.05, 0) is 6.07 Å². The Hall–Kier alpha value is -1.11. The van der Waals surface area contributed by atoms with E-state index in [9.17, 15) is 4.79 Å². The van der Waals surface area contributed by atoms with Gasteiger partial charge in [-0.25, -0.2) is 0 Å². The largest absolute Gasteiger partial charge is 0.383 e. The van der Waals surface area contributed by atoms with E-state index < -0.39 is 0 Å². The summed E-state index contributed by atoms with van der Waals surface area (Å²) in [5.74, 6) is -0.138. The van der Waals surface area contributed by atoms with Crippen molar-refractivity contribution in [3.05, 3.63) is 18.0 Å². The molecule has 1 aromatic rings. The first-order valence-electron chi connectivity index (χ1n) is 4.82. The lowest BCUT2D eigenvalue weighted by Gasteiger charge is -2.05. The average Bonchev–Trinajstić information content (AvgIpc) is 2.76. The second-order valence-electron chi connectivity index (χ2n) is 2.97. The number of aromatic nitrogens is 2. The molecule has 0 radical (unpaired) electrons. The smallest absolute Gasteiger partial charge is 0.269 e. The van der Waals surface area contributed by atoms with Crippen molar-refractivity contribution in [3.8, 4) is 0 Å². The number of hydrogen-bond acceptors (Lipinski definition) is 4. The molecule has 0 aromatic carbocycles. The van der Waals surface area contributed by atoms with Crippen LogP contribution in [0.2, 0.25) is 0 Å². The lowest BCUT2D eigenvalue weighted by atomic mass is 10.4. The number of aromatic amines is 1. The molecule has 1 rings (SSSR count). The topological polar surface area (TPSA) is 79.0 Å². The number of amides is 1. The lowest BCUT2D eigenvalue weighted by Crippen LogP contribution is -2.33. The van der Waals surface area contributed by atoms with Crippen molar-refractivity contribution >= 4 is 18.3 Å². The first-order valence-corrected chi connectivity index (χ1v) is 4.82. The number of carbonyl (C=O) groups excluding carboxylic acids is 1. The molecule has 0 aliphatic heterocycles. The van der Waals surface area contributed by atoms with Gasteiger partial charge in [0, 0.05) is 32.9 Å². The summed E-state index contributed by atoms with van der Waals surface area (Å²) >= 11 is 0. The van der Waals surface area contributed by atoms with E-state index in [0.717, 1.165) is 13.1 Å². The van der Waals surface area contributed by atoms with Gasteiger partial charge < -0.3 is 15.4 Å². The first kappa shape index (κ1) is 14.9. The highest BCUT2D eigenvalue weighted by Gasteiger charge is 2.04. The zero-order chi connectivity index (χ0) is 10.9. The maximum atomic E-state index is 11.4. The predicted molar refractivity (Wildman–Crippen MR) is 62.9 cm³/mol. The second kappa shape index (κ2) is 9.14. The lowest BCUT2D eigenvalue weighted by molar-refractivity contribution is 0.0948. The number of nitrogens with one attached hydrogen (secondary N) is 3. The number of halogens is 1. The predicted octanol–water partition coefficient (Wildman–Crippen LogP) is -0.203. The Morgan fingerprint density at radius 3 is 2.94 bits per heavy atom. The van der Waals surface area contributed by atoms with Crippen LogP contribution in [0, 0.1) is 0 Å². The molecular formula is C9H17ClN4O2. The van der Waals surface area contributed by atoms with Crippen molar-refractivity contribution in [2.75, 3.05) is 33.4 Å². The summed E-state index contributed by atoms with van der Waals surface area (Å²) in [7, 11) is 1.65. The molecule has 0 aliphatic rings. The molecule has 1 aromatic heterocycles. The highest BCUT2D eigenvalue weighted by Crippen LogP contribution is 1.89. The van der Waals surface area contributed by atoms with Crippen LogP contribution in [0.4, 0.5) is 0 Å². The number of ether oxygens (including phenoxy) is 1. The van der Waals surface area contributed by atoms with Gasteiger partial charge in [-0.2, -0.15) is 5.10 Å². The van der Waals surface area contributed by atoms with Gasteiger partial charge in [-0.3, -0.25) is 9.89 Å². The third-order valence-corrected chi connectivity index (χ3v) is 1.82. The Morgan fingerprint density at radius 1 is 1.50 bits per heavy atom. The molecule has 0 unspecified atom stereocenters. The van der Waals surface area contributed by atoms with Gasteiger partial charge in [-0.15, -0.1) is 12.4 Å². The molecule has 1 amide bonds. The molecule has 0 bridgehead atoms. The molecule has 1 heterocycles. The summed E-state index contributed by atoms with van der Waals surface area (Å²) in [6.45, 7) is 2.77. The fraction of sp³-hybridized carbons (Fsp3) is 0.556. The van der Waals surface area contributed by atoms with Crippen LogP contribution in [-0.4, -0.2) is 49.5 Å². The van der Waals surface area contributed by atoms with Crippen molar-refractivity contribution in [2.45, 2.75) is 0 Å². The molecule has 3 N–H and O–H groups in total. The van der Waals surface area contributed by atoms with Crippen LogP contribution in [0.3, 0.4) is 0 Å². The van der Waals surface area contributed by atoms with E-state index in [1.807, 2.05) is 0 Å². The maximum Gasteiger partial charge on any atom is 0.269 e. The number of nitrogens with zero attached hydrogens (tertiary/aromatic N) is 1. The van der Waals surface area contributed by atoms with Crippen LogP contribution in [0.15, 0.2) is 12.3 Å².